The predicted octanol–water partition coefficient (Wildman–Crippen LogP) is 6.09. The molecule has 0 bridgehead atoms. The van der Waals surface area contributed by atoms with Gasteiger partial charge in [0.05, 0.1) is 35.7 Å². The smallest absolute Gasteiger partial charge is 0.217 e. The summed E-state index contributed by atoms with van der Waals surface area (Å²) in [6.07, 6.45) is 1.78. The number of hydrogen-bond acceptors (Lipinski definition) is 6. The van der Waals surface area contributed by atoms with E-state index in [1.54, 1.807) is 14.2 Å². The van der Waals surface area contributed by atoms with Crippen molar-refractivity contribution in [3.63, 3.8) is 0 Å². The lowest BCUT2D eigenvalue weighted by atomic mass is 9.95. The first kappa shape index (κ1) is 25.1. The van der Waals surface area contributed by atoms with Crippen LogP contribution in [0.25, 0.3) is 33.6 Å². The van der Waals surface area contributed by atoms with Crippen LogP contribution < -0.4 is 20.1 Å². The molecule has 0 radical (unpaired) electrons. The zero-order chi connectivity index (χ0) is 26.2. The summed E-state index contributed by atoms with van der Waals surface area (Å²) in [7, 11) is 3.33. The van der Waals surface area contributed by atoms with Crippen molar-refractivity contribution in [2.24, 2.45) is 0 Å². The van der Waals surface area contributed by atoms with E-state index in [2.05, 4.69) is 22.8 Å². The summed E-state index contributed by atoms with van der Waals surface area (Å²) < 4.78 is 11.3. The number of rotatable bonds is 5. The minimum atomic E-state index is 0.588. The van der Waals surface area contributed by atoms with Crippen molar-refractivity contribution in [2.45, 2.75) is 25.9 Å². The molecule has 2 aromatic heterocycles. The topological polar surface area (TPSA) is 68.3 Å². The van der Waals surface area contributed by atoms with Crippen LogP contribution in [-0.2, 0) is 25.9 Å². The number of nitrogens with one attached hydrogen (secondary N) is 2. The number of fused-ring (bicyclic) bond motifs is 2. The molecule has 2 aliphatic rings. The molecule has 4 aromatic rings. The van der Waals surface area contributed by atoms with E-state index in [-0.39, 0.29) is 0 Å². The number of hydrogen-bond donors (Lipinski definition) is 2. The van der Waals surface area contributed by atoms with Crippen molar-refractivity contribution in [1.29, 1.82) is 0 Å². The molecule has 0 atom stereocenters. The van der Waals surface area contributed by atoms with Crippen molar-refractivity contribution >= 4 is 23.2 Å². The second kappa shape index (κ2) is 10.5. The third kappa shape index (κ3) is 4.41. The summed E-state index contributed by atoms with van der Waals surface area (Å²) in [5.41, 5.74) is 9.55. The first-order chi connectivity index (χ1) is 18.6. The number of ether oxygens (including phenoxy) is 2. The number of benzene rings is 2. The Balaban J connectivity index is 1.45. The fourth-order valence-corrected chi connectivity index (χ4v) is 6.06. The molecule has 0 saturated heterocycles. The fourth-order valence-electron chi connectivity index (χ4n) is 5.41. The largest absolute Gasteiger partial charge is 0.481 e. The van der Waals surface area contributed by atoms with Gasteiger partial charge in [0.1, 0.15) is 0 Å². The average molecular weight is 547 g/mol. The molecule has 0 aliphatic carbocycles. The van der Waals surface area contributed by atoms with E-state index in [4.69, 9.17) is 42.6 Å². The third-order valence-electron chi connectivity index (χ3n) is 7.32. The number of methoxy groups -OCH3 is 2. The van der Waals surface area contributed by atoms with Crippen molar-refractivity contribution in [2.75, 3.05) is 27.3 Å². The molecular formula is C30H28Cl2N4O2. The Morgan fingerprint density at radius 1 is 0.658 bits per heavy atom. The van der Waals surface area contributed by atoms with Gasteiger partial charge in [0.2, 0.25) is 11.8 Å². The number of pyridine rings is 2. The van der Waals surface area contributed by atoms with Gasteiger partial charge in [-0.3, -0.25) is 0 Å². The fraction of sp³-hybridized carbons (Fsp3) is 0.267. The maximum Gasteiger partial charge on any atom is 0.217 e. The van der Waals surface area contributed by atoms with Crippen LogP contribution in [0, 0.1) is 0 Å². The van der Waals surface area contributed by atoms with Crippen molar-refractivity contribution in [3.8, 4) is 45.4 Å². The maximum absolute atomic E-state index is 7.07. The SMILES string of the molecule is COc1nc(-c2cccc(-c3cccc(-c4cc5c(c(OC)n4)CCNC5)c3Cl)c2Cl)cc2c1CCNC2. The molecule has 38 heavy (non-hydrogen) atoms. The Morgan fingerprint density at radius 3 is 1.50 bits per heavy atom. The first-order valence-electron chi connectivity index (χ1n) is 12.7. The second-order valence-corrected chi connectivity index (χ2v) is 10.3. The maximum atomic E-state index is 7.07. The van der Waals surface area contributed by atoms with E-state index in [0.717, 1.165) is 83.8 Å². The van der Waals surface area contributed by atoms with Gasteiger partial charge in [-0.1, -0.05) is 59.6 Å². The van der Waals surface area contributed by atoms with Gasteiger partial charge in [-0.2, -0.15) is 0 Å². The lowest BCUT2D eigenvalue weighted by Gasteiger charge is -2.21. The monoisotopic (exact) mass is 546 g/mol. The number of halogens is 2. The molecule has 0 spiro atoms. The van der Waals surface area contributed by atoms with E-state index in [0.29, 0.717) is 21.8 Å². The Bertz CT molecular complexity index is 1390. The molecule has 2 aliphatic heterocycles. The first-order valence-corrected chi connectivity index (χ1v) is 13.5. The summed E-state index contributed by atoms with van der Waals surface area (Å²) in [6, 6.07) is 16.1. The number of aromatic nitrogens is 2. The van der Waals surface area contributed by atoms with Gasteiger partial charge in [-0.25, -0.2) is 9.97 Å². The van der Waals surface area contributed by atoms with E-state index in [9.17, 15) is 0 Å². The van der Waals surface area contributed by atoms with E-state index >= 15 is 0 Å². The standard InChI is InChI=1S/C30H28Cl2N4O2/c1-37-29-19-9-11-33-15-17(19)13-25(35-29)23-7-3-5-21(27(23)31)22-6-4-8-24(28(22)32)26-14-18-16-34-12-10-20(18)30(36-26)38-2/h3-8,13-14,33-34H,9-12,15-16H2,1-2H3. The van der Waals surface area contributed by atoms with Crippen molar-refractivity contribution < 1.29 is 9.47 Å². The molecule has 6 rings (SSSR count). The molecule has 0 amide bonds. The third-order valence-corrected chi connectivity index (χ3v) is 8.13. The Labute approximate surface area is 232 Å². The molecule has 0 unspecified atom stereocenters. The van der Waals surface area contributed by atoms with Crippen molar-refractivity contribution in [1.82, 2.24) is 20.6 Å². The molecule has 2 aromatic carbocycles. The molecule has 8 heteroatoms. The molecule has 2 N–H and O–H groups in total. The highest BCUT2D eigenvalue weighted by Gasteiger charge is 2.22. The van der Waals surface area contributed by atoms with E-state index in [1.807, 2.05) is 36.4 Å². The van der Waals surface area contributed by atoms with Gasteiger partial charge in [-0.05, 0) is 49.2 Å². The molecule has 6 nitrogen and oxygen atoms in total. The number of nitrogens with zero attached hydrogens (tertiary/aromatic N) is 2. The molecule has 0 fully saturated rings. The van der Waals surface area contributed by atoms with Crippen molar-refractivity contribution in [3.05, 3.63) is 80.8 Å². The van der Waals surface area contributed by atoms with Gasteiger partial charge in [0.15, 0.2) is 0 Å². The highest BCUT2D eigenvalue weighted by molar-refractivity contribution is 6.39. The van der Waals surface area contributed by atoms with Gasteiger partial charge in [0, 0.05) is 46.5 Å². The summed E-state index contributed by atoms with van der Waals surface area (Å²) in [6.45, 7) is 3.38. The summed E-state index contributed by atoms with van der Waals surface area (Å²) in [5, 5.41) is 8.03. The van der Waals surface area contributed by atoms with Crippen LogP contribution in [0.1, 0.15) is 22.3 Å². The van der Waals surface area contributed by atoms with Crippen LogP contribution in [0.2, 0.25) is 10.0 Å². The Hall–Kier alpha value is -3.16. The van der Waals surface area contributed by atoms with Crippen LogP contribution in [-0.4, -0.2) is 37.3 Å². The lowest BCUT2D eigenvalue weighted by Crippen LogP contribution is -2.24. The normalized spacial score (nSPS) is 14.5. The predicted molar refractivity (Wildman–Crippen MR) is 152 cm³/mol. The van der Waals surface area contributed by atoms with Crippen LogP contribution in [0.5, 0.6) is 11.8 Å². The minimum Gasteiger partial charge on any atom is -0.481 e. The summed E-state index contributed by atoms with van der Waals surface area (Å²) >= 11 is 14.1. The zero-order valence-electron chi connectivity index (χ0n) is 21.3. The van der Waals surface area contributed by atoms with Gasteiger partial charge < -0.3 is 20.1 Å². The minimum absolute atomic E-state index is 0.588. The van der Waals surface area contributed by atoms with Crippen LogP contribution in [0.4, 0.5) is 0 Å². The quantitative estimate of drug-likeness (QED) is 0.315. The van der Waals surface area contributed by atoms with Crippen LogP contribution in [0.3, 0.4) is 0 Å². The van der Waals surface area contributed by atoms with Gasteiger partial charge in [-0.15, -0.1) is 0 Å². The molecular weight excluding hydrogens is 519 g/mol. The Kier molecular flexibility index (Phi) is 6.97. The van der Waals surface area contributed by atoms with Crippen LogP contribution >= 0.6 is 23.2 Å². The highest BCUT2D eigenvalue weighted by Crippen LogP contribution is 2.43. The van der Waals surface area contributed by atoms with E-state index < -0.39 is 0 Å². The van der Waals surface area contributed by atoms with Gasteiger partial charge in [0.25, 0.3) is 0 Å². The molecule has 0 saturated carbocycles. The Morgan fingerprint density at radius 2 is 1.08 bits per heavy atom. The van der Waals surface area contributed by atoms with Crippen LogP contribution in [0.15, 0.2) is 48.5 Å². The zero-order valence-corrected chi connectivity index (χ0v) is 22.8. The average Bonchev–Trinajstić information content (AvgIpc) is 2.96. The van der Waals surface area contributed by atoms with Gasteiger partial charge >= 0.3 is 0 Å². The van der Waals surface area contributed by atoms with E-state index in [1.165, 1.54) is 11.1 Å². The summed E-state index contributed by atoms with van der Waals surface area (Å²) in [4.78, 5) is 9.64. The molecule has 4 heterocycles. The summed E-state index contributed by atoms with van der Waals surface area (Å²) in [5.74, 6) is 1.31. The lowest BCUT2D eigenvalue weighted by molar-refractivity contribution is 0.389. The highest BCUT2D eigenvalue weighted by atomic mass is 35.5. The second-order valence-electron chi connectivity index (χ2n) is 9.50. The molecule has 194 valence electrons.